The van der Waals surface area contributed by atoms with Crippen molar-refractivity contribution in [2.24, 2.45) is 0 Å². The minimum atomic E-state index is -0.683. The smallest absolute Gasteiger partial charge is 0.231 e. The van der Waals surface area contributed by atoms with E-state index >= 15 is 0 Å². The van der Waals surface area contributed by atoms with Gasteiger partial charge in [-0.25, -0.2) is 0 Å². The van der Waals surface area contributed by atoms with Crippen molar-refractivity contribution in [2.45, 2.75) is 49.2 Å². The van der Waals surface area contributed by atoms with Crippen molar-refractivity contribution >= 4 is 0 Å². The Hall–Kier alpha value is -2.44. The molecule has 0 saturated heterocycles. The maximum atomic E-state index is 11.7. The summed E-state index contributed by atoms with van der Waals surface area (Å²) in [7, 11) is 0. The number of para-hydroxylation sites is 2. The van der Waals surface area contributed by atoms with E-state index in [1.807, 2.05) is 24.3 Å². The molecular weight excluding hydrogens is 382 g/mol. The number of fused-ring (bicyclic) bond motifs is 3. The van der Waals surface area contributed by atoms with Crippen LogP contribution in [0.2, 0.25) is 0 Å². The van der Waals surface area contributed by atoms with Crippen LogP contribution in [0.15, 0.2) is 36.4 Å². The van der Waals surface area contributed by atoms with Crippen LogP contribution in [0.5, 0.6) is 23.0 Å². The van der Waals surface area contributed by atoms with Gasteiger partial charge in [0.15, 0.2) is 23.0 Å². The Morgan fingerprint density at radius 3 is 2.57 bits per heavy atom. The highest BCUT2D eigenvalue weighted by Crippen LogP contribution is 2.56. The second-order valence-corrected chi connectivity index (χ2v) is 8.99. The SMILES string of the molecule is OC1(C2(CNC[C@H]3COc4ccccc4O3)Cc3cc4c(cc32)OCO4)CCCC1. The predicted octanol–water partition coefficient (Wildman–Crippen LogP) is 2.94. The van der Waals surface area contributed by atoms with E-state index in [0.717, 1.165) is 55.1 Å². The summed E-state index contributed by atoms with van der Waals surface area (Å²) in [5, 5.41) is 15.3. The maximum Gasteiger partial charge on any atom is 0.231 e. The summed E-state index contributed by atoms with van der Waals surface area (Å²) >= 11 is 0. The summed E-state index contributed by atoms with van der Waals surface area (Å²) < 4.78 is 23.1. The van der Waals surface area contributed by atoms with Crippen LogP contribution in [0.3, 0.4) is 0 Å². The summed E-state index contributed by atoms with van der Waals surface area (Å²) in [4.78, 5) is 0. The largest absolute Gasteiger partial charge is 0.486 e. The van der Waals surface area contributed by atoms with Crippen molar-refractivity contribution < 1.29 is 24.1 Å². The molecular formula is C24H27NO5. The average Bonchev–Trinajstić information content (AvgIpc) is 3.40. The van der Waals surface area contributed by atoms with E-state index in [1.54, 1.807) is 0 Å². The van der Waals surface area contributed by atoms with Gasteiger partial charge in [0, 0.05) is 18.5 Å². The fraction of sp³-hybridized carbons (Fsp3) is 0.500. The van der Waals surface area contributed by atoms with E-state index < -0.39 is 5.60 Å². The standard InChI is InChI=1S/C24H27NO5/c26-24(7-3-4-8-24)23(11-16-9-21-22(10-18(16)23)29-15-28-21)14-25-12-17-13-27-19-5-1-2-6-20(19)30-17/h1-2,5-6,9-10,17,25-26H,3-4,7-8,11-15H2/t17-,23?/m0/s1. The molecule has 2 atom stereocenters. The first kappa shape index (κ1) is 18.3. The van der Waals surface area contributed by atoms with Crippen LogP contribution in [0, 0.1) is 0 Å². The number of ether oxygens (including phenoxy) is 4. The molecule has 6 heteroatoms. The van der Waals surface area contributed by atoms with Crippen molar-refractivity contribution in [1.29, 1.82) is 0 Å². The fourth-order valence-electron chi connectivity index (χ4n) is 5.68. The molecule has 1 saturated carbocycles. The Balaban J connectivity index is 1.21. The number of nitrogens with one attached hydrogen (secondary N) is 1. The summed E-state index contributed by atoms with van der Waals surface area (Å²) in [5.74, 6) is 3.20. The lowest BCUT2D eigenvalue weighted by molar-refractivity contribution is -0.0472. The van der Waals surface area contributed by atoms with Crippen molar-refractivity contribution in [1.82, 2.24) is 5.32 Å². The molecule has 2 N–H and O–H groups in total. The Labute approximate surface area is 176 Å². The van der Waals surface area contributed by atoms with Crippen LogP contribution in [-0.2, 0) is 11.8 Å². The molecule has 2 heterocycles. The Kier molecular flexibility index (Phi) is 4.15. The molecule has 0 radical (unpaired) electrons. The van der Waals surface area contributed by atoms with Gasteiger partial charge in [0.2, 0.25) is 6.79 Å². The van der Waals surface area contributed by atoms with Crippen LogP contribution >= 0.6 is 0 Å². The van der Waals surface area contributed by atoms with Crippen molar-refractivity contribution in [3.8, 4) is 23.0 Å². The molecule has 2 aliphatic carbocycles. The molecule has 0 amide bonds. The van der Waals surface area contributed by atoms with Crippen molar-refractivity contribution in [2.75, 3.05) is 26.5 Å². The highest BCUT2D eigenvalue weighted by Gasteiger charge is 2.58. The summed E-state index contributed by atoms with van der Waals surface area (Å²) in [6.45, 7) is 2.18. The van der Waals surface area contributed by atoms with E-state index in [9.17, 15) is 5.11 Å². The summed E-state index contributed by atoms with van der Waals surface area (Å²) in [6, 6.07) is 12.0. The van der Waals surface area contributed by atoms with Crippen LogP contribution in [0.4, 0.5) is 0 Å². The van der Waals surface area contributed by atoms with E-state index in [1.165, 1.54) is 11.1 Å². The topological polar surface area (TPSA) is 69.2 Å². The van der Waals surface area contributed by atoms with Gasteiger partial charge < -0.3 is 29.4 Å². The molecule has 2 aliphatic heterocycles. The number of hydrogen-bond donors (Lipinski definition) is 2. The maximum absolute atomic E-state index is 11.7. The van der Waals surface area contributed by atoms with Crippen molar-refractivity contribution in [3.05, 3.63) is 47.5 Å². The lowest BCUT2D eigenvalue weighted by atomic mass is 9.54. The molecule has 6 rings (SSSR count). The quantitative estimate of drug-likeness (QED) is 0.792. The Morgan fingerprint density at radius 2 is 1.73 bits per heavy atom. The second-order valence-electron chi connectivity index (χ2n) is 8.99. The lowest BCUT2D eigenvalue weighted by Crippen LogP contribution is -2.62. The van der Waals surface area contributed by atoms with Crippen molar-refractivity contribution in [3.63, 3.8) is 0 Å². The third-order valence-electron chi connectivity index (χ3n) is 7.29. The summed E-state index contributed by atoms with van der Waals surface area (Å²) in [5.41, 5.74) is 1.48. The first-order valence-corrected chi connectivity index (χ1v) is 10.9. The van der Waals surface area contributed by atoms with Gasteiger partial charge in [-0.2, -0.15) is 0 Å². The van der Waals surface area contributed by atoms with Gasteiger partial charge in [0.1, 0.15) is 12.7 Å². The minimum Gasteiger partial charge on any atom is -0.486 e. The molecule has 158 valence electrons. The molecule has 0 spiro atoms. The highest BCUT2D eigenvalue weighted by molar-refractivity contribution is 5.58. The van der Waals surface area contributed by atoms with Crippen LogP contribution in [0.1, 0.15) is 36.8 Å². The van der Waals surface area contributed by atoms with Gasteiger partial charge in [0.25, 0.3) is 0 Å². The molecule has 1 unspecified atom stereocenters. The average molecular weight is 409 g/mol. The number of hydrogen-bond acceptors (Lipinski definition) is 6. The predicted molar refractivity (Wildman–Crippen MR) is 111 cm³/mol. The van der Waals surface area contributed by atoms with E-state index in [-0.39, 0.29) is 18.3 Å². The van der Waals surface area contributed by atoms with E-state index in [2.05, 4.69) is 17.4 Å². The zero-order valence-electron chi connectivity index (χ0n) is 17.0. The third-order valence-corrected chi connectivity index (χ3v) is 7.29. The van der Waals surface area contributed by atoms with Gasteiger partial charge in [-0.3, -0.25) is 0 Å². The normalized spacial score (nSPS) is 27.4. The lowest BCUT2D eigenvalue weighted by Gasteiger charge is -2.53. The zero-order chi connectivity index (χ0) is 20.2. The van der Waals surface area contributed by atoms with Crippen LogP contribution in [0.25, 0.3) is 0 Å². The molecule has 30 heavy (non-hydrogen) atoms. The molecule has 2 aromatic rings. The first-order valence-electron chi connectivity index (χ1n) is 10.9. The fourth-order valence-corrected chi connectivity index (χ4v) is 5.68. The molecule has 6 nitrogen and oxygen atoms in total. The Bertz CT molecular complexity index is 970. The molecule has 2 aromatic carbocycles. The van der Waals surface area contributed by atoms with E-state index in [4.69, 9.17) is 18.9 Å². The first-order chi connectivity index (χ1) is 14.7. The van der Waals surface area contributed by atoms with Gasteiger partial charge in [-0.15, -0.1) is 0 Å². The van der Waals surface area contributed by atoms with Gasteiger partial charge >= 0.3 is 0 Å². The van der Waals surface area contributed by atoms with Gasteiger partial charge in [-0.05, 0) is 54.7 Å². The number of aliphatic hydroxyl groups is 1. The number of benzene rings is 2. The molecule has 1 fully saturated rings. The molecule has 0 aromatic heterocycles. The summed E-state index contributed by atoms with van der Waals surface area (Å²) in [6.07, 6.45) is 4.65. The molecule has 0 bridgehead atoms. The van der Waals surface area contributed by atoms with E-state index in [0.29, 0.717) is 19.7 Å². The zero-order valence-corrected chi connectivity index (χ0v) is 17.0. The van der Waals surface area contributed by atoms with Crippen LogP contribution < -0.4 is 24.3 Å². The van der Waals surface area contributed by atoms with Crippen LogP contribution in [-0.4, -0.2) is 43.3 Å². The van der Waals surface area contributed by atoms with Gasteiger partial charge in [0.05, 0.1) is 5.60 Å². The number of rotatable bonds is 5. The third kappa shape index (κ3) is 2.70. The van der Waals surface area contributed by atoms with Gasteiger partial charge in [-0.1, -0.05) is 25.0 Å². The second kappa shape index (κ2) is 6.79. The molecule has 4 aliphatic rings. The minimum absolute atomic E-state index is 0.0496. The highest BCUT2D eigenvalue weighted by atomic mass is 16.7. The monoisotopic (exact) mass is 409 g/mol. The Morgan fingerprint density at radius 1 is 0.967 bits per heavy atom.